The number of fused-ring (bicyclic) bond motifs is 3. The summed E-state index contributed by atoms with van der Waals surface area (Å²) in [5.41, 5.74) is 6.90. The summed E-state index contributed by atoms with van der Waals surface area (Å²) in [7, 11) is -3.27. The Morgan fingerprint density at radius 2 is 1.79 bits per heavy atom. The number of hydrogen-bond donors (Lipinski definition) is 1. The second-order valence-corrected chi connectivity index (χ2v) is 11.3. The van der Waals surface area contributed by atoms with Gasteiger partial charge in [0, 0.05) is 48.0 Å². The first-order valence-corrected chi connectivity index (χ1v) is 13.7. The van der Waals surface area contributed by atoms with E-state index in [0.717, 1.165) is 41.6 Å². The normalized spacial score (nSPS) is 22.0. The van der Waals surface area contributed by atoms with Crippen LogP contribution in [-0.2, 0) is 22.1 Å². The number of aromatic nitrogens is 1. The molecule has 0 amide bonds. The van der Waals surface area contributed by atoms with Gasteiger partial charge in [-0.2, -0.15) is 0 Å². The summed E-state index contributed by atoms with van der Waals surface area (Å²) in [6.07, 6.45) is 6.05. The van der Waals surface area contributed by atoms with Crippen LogP contribution >= 0.6 is 0 Å². The zero-order chi connectivity index (χ0) is 23.7. The molecule has 5 rings (SSSR count). The van der Waals surface area contributed by atoms with Crippen molar-refractivity contribution in [1.29, 1.82) is 0 Å². The van der Waals surface area contributed by atoms with E-state index < -0.39 is 9.84 Å². The molecule has 0 radical (unpaired) electrons. The number of rotatable bonds is 7. The fraction of sp³-hybridized carbons (Fsp3) is 0.321. The molecule has 1 fully saturated rings. The van der Waals surface area contributed by atoms with E-state index in [1.54, 1.807) is 0 Å². The zero-order valence-corrected chi connectivity index (χ0v) is 20.3. The lowest BCUT2D eigenvalue weighted by Gasteiger charge is -2.40. The first-order chi connectivity index (χ1) is 16.5. The molecule has 3 heterocycles. The third-order valence-corrected chi connectivity index (χ3v) is 8.50. The molecule has 0 aliphatic carbocycles. The topological polar surface area (TPSA) is 62.3 Å². The summed E-state index contributed by atoms with van der Waals surface area (Å²) < 4.78 is 23.7. The van der Waals surface area contributed by atoms with Gasteiger partial charge in [0.2, 0.25) is 0 Å². The third kappa shape index (κ3) is 4.52. The Bertz CT molecular complexity index is 1270. The minimum Gasteiger partial charge on any atom is -0.382 e. The lowest BCUT2D eigenvalue weighted by Crippen LogP contribution is -2.38. The monoisotopic (exact) mass is 473 g/mol. The van der Waals surface area contributed by atoms with Gasteiger partial charge in [-0.25, -0.2) is 8.42 Å². The molecule has 34 heavy (non-hydrogen) atoms. The second-order valence-electron chi connectivity index (χ2n) is 9.36. The van der Waals surface area contributed by atoms with E-state index in [1.165, 1.54) is 23.2 Å². The van der Waals surface area contributed by atoms with Gasteiger partial charge in [-0.05, 0) is 71.5 Å². The van der Waals surface area contributed by atoms with Crippen molar-refractivity contribution >= 4 is 15.5 Å². The highest BCUT2D eigenvalue weighted by molar-refractivity contribution is 7.93. The van der Waals surface area contributed by atoms with Crippen LogP contribution in [0.25, 0.3) is 11.1 Å². The number of benzene rings is 2. The Labute approximate surface area is 202 Å². The van der Waals surface area contributed by atoms with Crippen molar-refractivity contribution in [3.05, 3.63) is 95.7 Å². The SMILES string of the molecule is C=CS(=O)(=O)Cc1ccc(-c2ccc3c(c2)[C@H]2[C@H](CCN2Cc2ccncc2)[C@@H](CC)N3)cc1. The Hall–Kier alpha value is -2.96. The van der Waals surface area contributed by atoms with Gasteiger partial charge in [0.1, 0.15) is 0 Å². The Morgan fingerprint density at radius 3 is 2.50 bits per heavy atom. The maximum Gasteiger partial charge on any atom is 0.175 e. The van der Waals surface area contributed by atoms with Gasteiger partial charge >= 0.3 is 0 Å². The minimum atomic E-state index is -3.27. The Balaban J connectivity index is 1.46. The molecular weight excluding hydrogens is 442 g/mol. The standard InChI is InChI=1S/C28H31N3O2S/c1-3-26-24-13-16-31(18-20-11-14-29-15-12-20)28(24)25-17-23(9-10-27(25)30-26)22-7-5-21(6-8-22)19-34(32,33)4-2/h4-12,14-15,17,24,26,28,30H,2-3,13,16,18-19H2,1H3/t24-,26-,28-/m1/s1. The van der Waals surface area contributed by atoms with Gasteiger partial charge in [-0.1, -0.05) is 43.8 Å². The van der Waals surface area contributed by atoms with Crippen molar-refractivity contribution in [3.63, 3.8) is 0 Å². The molecule has 2 aliphatic heterocycles. The van der Waals surface area contributed by atoms with Crippen molar-refractivity contribution in [3.8, 4) is 11.1 Å². The van der Waals surface area contributed by atoms with Gasteiger partial charge in [-0.15, -0.1) is 0 Å². The quantitative estimate of drug-likeness (QED) is 0.486. The van der Waals surface area contributed by atoms with Crippen molar-refractivity contribution in [2.75, 3.05) is 11.9 Å². The highest BCUT2D eigenvalue weighted by Gasteiger charge is 2.43. The lowest BCUT2D eigenvalue weighted by molar-refractivity contribution is 0.203. The van der Waals surface area contributed by atoms with Gasteiger partial charge in [0.25, 0.3) is 0 Å². The van der Waals surface area contributed by atoms with Gasteiger partial charge in [0.15, 0.2) is 9.84 Å². The first kappa shape index (κ1) is 22.8. The smallest absolute Gasteiger partial charge is 0.175 e. The largest absolute Gasteiger partial charge is 0.382 e. The van der Waals surface area contributed by atoms with E-state index in [0.29, 0.717) is 18.0 Å². The van der Waals surface area contributed by atoms with Crippen LogP contribution in [0.4, 0.5) is 5.69 Å². The van der Waals surface area contributed by atoms with Gasteiger partial charge in [0.05, 0.1) is 5.75 Å². The summed E-state index contributed by atoms with van der Waals surface area (Å²) in [5.74, 6) is 0.567. The van der Waals surface area contributed by atoms with Crippen LogP contribution < -0.4 is 5.32 Å². The molecule has 6 heteroatoms. The van der Waals surface area contributed by atoms with E-state index in [2.05, 4.69) is 59.0 Å². The number of hydrogen-bond acceptors (Lipinski definition) is 5. The Kier molecular flexibility index (Phi) is 6.28. The minimum absolute atomic E-state index is 0.0169. The molecule has 0 bridgehead atoms. The number of nitrogens with one attached hydrogen (secondary N) is 1. The summed E-state index contributed by atoms with van der Waals surface area (Å²) in [4.78, 5) is 6.79. The molecular formula is C28H31N3O2S. The average Bonchev–Trinajstić information content (AvgIpc) is 3.28. The molecule has 3 aromatic rings. The van der Waals surface area contributed by atoms with Crippen LogP contribution in [0.15, 0.2) is 79.0 Å². The van der Waals surface area contributed by atoms with Crippen LogP contribution in [0, 0.1) is 5.92 Å². The number of likely N-dealkylation sites (tertiary alicyclic amines) is 1. The molecule has 0 unspecified atom stereocenters. The molecule has 2 aliphatic rings. The van der Waals surface area contributed by atoms with E-state index >= 15 is 0 Å². The summed E-state index contributed by atoms with van der Waals surface area (Å²) in [6, 6.07) is 19.6. The van der Waals surface area contributed by atoms with Crippen molar-refractivity contribution in [2.45, 2.75) is 44.1 Å². The van der Waals surface area contributed by atoms with E-state index in [4.69, 9.17) is 0 Å². The predicted molar refractivity (Wildman–Crippen MR) is 138 cm³/mol. The maximum atomic E-state index is 11.9. The molecule has 3 atom stereocenters. The Morgan fingerprint density at radius 1 is 1.06 bits per heavy atom. The number of nitrogens with zero attached hydrogens (tertiary/aromatic N) is 2. The molecule has 5 nitrogen and oxygen atoms in total. The van der Waals surface area contributed by atoms with Gasteiger partial charge < -0.3 is 5.32 Å². The summed E-state index contributed by atoms with van der Waals surface area (Å²) >= 11 is 0. The fourth-order valence-corrected chi connectivity index (χ4v) is 6.32. The zero-order valence-electron chi connectivity index (χ0n) is 19.5. The van der Waals surface area contributed by atoms with Crippen LogP contribution in [0.1, 0.15) is 42.5 Å². The molecule has 176 valence electrons. The molecule has 1 N–H and O–H groups in total. The molecule has 0 spiro atoms. The summed E-state index contributed by atoms with van der Waals surface area (Å²) in [5, 5.41) is 4.83. The number of pyridine rings is 1. The highest BCUT2D eigenvalue weighted by atomic mass is 32.2. The number of anilines is 1. The first-order valence-electron chi connectivity index (χ1n) is 12.0. The van der Waals surface area contributed by atoms with Gasteiger partial charge in [-0.3, -0.25) is 9.88 Å². The molecule has 1 saturated heterocycles. The van der Waals surface area contributed by atoms with E-state index in [-0.39, 0.29) is 5.75 Å². The van der Waals surface area contributed by atoms with Crippen molar-refractivity contribution in [2.24, 2.45) is 5.92 Å². The molecule has 2 aromatic carbocycles. The van der Waals surface area contributed by atoms with Crippen molar-refractivity contribution < 1.29 is 8.42 Å². The average molecular weight is 474 g/mol. The predicted octanol–water partition coefficient (Wildman–Crippen LogP) is 5.57. The van der Waals surface area contributed by atoms with E-state index in [9.17, 15) is 8.42 Å². The lowest BCUT2D eigenvalue weighted by atomic mass is 9.81. The van der Waals surface area contributed by atoms with Crippen LogP contribution in [0.3, 0.4) is 0 Å². The number of sulfone groups is 1. The summed E-state index contributed by atoms with van der Waals surface area (Å²) in [6.45, 7) is 7.69. The van der Waals surface area contributed by atoms with Crippen molar-refractivity contribution in [1.82, 2.24) is 9.88 Å². The maximum absolute atomic E-state index is 11.9. The van der Waals surface area contributed by atoms with Crippen LogP contribution in [-0.4, -0.2) is 30.9 Å². The fourth-order valence-electron chi connectivity index (χ4n) is 5.55. The second kappa shape index (κ2) is 9.35. The molecule has 1 aromatic heterocycles. The van der Waals surface area contributed by atoms with E-state index in [1.807, 2.05) is 36.7 Å². The molecule has 0 saturated carbocycles. The highest BCUT2D eigenvalue weighted by Crippen LogP contribution is 2.48. The van der Waals surface area contributed by atoms with Crippen LogP contribution in [0.2, 0.25) is 0 Å². The third-order valence-electron chi connectivity index (χ3n) is 7.26. The van der Waals surface area contributed by atoms with Crippen LogP contribution in [0.5, 0.6) is 0 Å².